The molecule has 178 valence electrons. The minimum atomic E-state index is -4.26. The predicted molar refractivity (Wildman–Crippen MR) is 118 cm³/mol. The number of imidazole rings is 1. The second kappa shape index (κ2) is 9.19. The Bertz CT molecular complexity index is 1030. The van der Waals surface area contributed by atoms with Gasteiger partial charge in [-0.1, -0.05) is 24.6 Å². The highest BCUT2D eigenvalue weighted by molar-refractivity contribution is 6.07. The van der Waals surface area contributed by atoms with E-state index < -0.39 is 30.5 Å². The number of imide groups is 1. The maximum absolute atomic E-state index is 13.4. The van der Waals surface area contributed by atoms with E-state index in [4.69, 9.17) is 0 Å². The Hall–Kier alpha value is -2.84. The van der Waals surface area contributed by atoms with E-state index in [1.807, 2.05) is 24.3 Å². The largest absolute Gasteiger partial charge is 0.389 e. The quantitative estimate of drug-likeness (QED) is 0.599. The molecule has 0 bridgehead atoms. The van der Waals surface area contributed by atoms with Crippen LogP contribution in [0.1, 0.15) is 66.8 Å². The summed E-state index contributed by atoms with van der Waals surface area (Å²) in [5.41, 5.74) is 2.59. The summed E-state index contributed by atoms with van der Waals surface area (Å²) in [7, 11) is 1.65. The van der Waals surface area contributed by atoms with Crippen LogP contribution in [-0.4, -0.2) is 46.2 Å². The lowest BCUT2D eigenvalue weighted by Gasteiger charge is -2.32. The van der Waals surface area contributed by atoms with Crippen molar-refractivity contribution in [2.24, 2.45) is 5.92 Å². The number of nitrogens with zero attached hydrogens (tertiary/aromatic N) is 4. The standard InChI is InChI=1S/C24H29F3N4O2/c1-3-30(23(33)29(2)20-10-5-4-9-19(20)17-7-6-8-17)22(32)21-28-14-18-12-11-16(15-31(18)21)13-24(25,26)27/h4-5,9-10,14,16-17H,3,6-8,11-13,15H2,1-2H3. The van der Waals surface area contributed by atoms with Crippen molar-refractivity contribution in [2.75, 3.05) is 18.5 Å². The molecule has 0 spiro atoms. The third kappa shape index (κ3) is 4.77. The van der Waals surface area contributed by atoms with Crippen molar-refractivity contribution < 1.29 is 22.8 Å². The lowest BCUT2D eigenvalue weighted by Crippen LogP contribution is -2.46. The van der Waals surface area contributed by atoms with Crippen molar-refractivity contribution in [3.63, 3.8) is 0 Å². The predicted octanol–water partition coefficient (Wildman–Crippen LogP) is 5.38. The number of rotatable bonds is 5. The first-order valence-corrected chi connectivity index (χ1v) is 11.5. The Kier molecular flexibility index (Phi) is 6.50. The number of carbonyl (C=O) groups excluding carboxylic acids is 2. The highest BCUT2D eigenvalue weighted by atomic mass is 19.4. The average molecular weight is 463 g/mol. The molecule has 1 aromatic heterocycles. The van der Waals surface area contributed by atoms with E-state index in [9.17, 15) is 22.8 Å². The molecular formula is C24H29F3N4O2. The zero-order chi connectivity index (χ0) is 23.8. The third-order valence-corrected chi connectivity index (χ3v) is 6.82. The molecule has 0 saturated heterocycles. The molecule has 1 saturated carbocycles. The van der Waals surface area contributed by atoms with Gasteiger partial charge in [0.25, 0.3) is 5.91 Å². The normalized spacial score (nSPS) is 18.4. The van der Waals surface area contributed by atoms with Gasteiger partial charge >= 0.3 is 12.2 Å². The van der Waals surface area contributed by atoms with Gasteiger partial charge in [-0.15, -0.1) is 0 Å². The fraction of sp³-hybridized carbons (Fsp3) is 0.542. The number of hydrogen-bond acceptors (Lipinski definition) is 3. The fourth-order valence-corrected chi connectivity index (χ4v) is 4.81. The molecule has 6 nitrogen and oxygen atoms in total. The highest BCUT2D eigenvalue weighted by Gasteiger charge is 2.36. The number of aryl methyl sites for hydroxylation is 1. The van der Waals surface area contributed by atoms with Crippen molar-refractivity contribution >= 4 is 17.6 Å². The smallest absolute Gasteiger partial charge is 0.324 e. The second-order valence-electron chi connectivity index (χ2n) is 8.99. The van der Waals surface area contributed by atoms with Crippen molar-refractivity contribution in [3.8, 4) is 0 Å². The Morgan fingerprint density at radius 2 is 1.91 bits per heavy atom. The van der Waals surface area contributed by atoms with E-state index in [-0.39, 0.29) is 18.9 Å². The van der Waals surface area contributed by atoms with Gasteiger partial charge in [-0.25, -0.2) is 9.78 Å². The van der Waals surface area contributed by atoms with Gasteiger partial charge in [0.05, 0.1) is 0 Å². The number of alkyl halides is 3. The van der Waals surface area contributed by atoms with Crippen LogP contribution < -0.4 is 4.90 Å². The van der Waals surface area contributed by atoms with Crippen LogP contribution in [0, 0.1) is 5.92 Å². The molecule has 1 unspecified atom stereocenters. The van der Waals surface area contributed by atoms with E-state index in [2.05, 4.69) is 4.98 Å². The molecule has 1 fully saturated rings. The van der Waals surface area contributed by atoms with Crippen LogP contribution in [-0.2, 0) is 13.0 Å². The number of benzene rings is 1. The molecule has 2 aromatic rings. The number of halogens is 3. The van der Waals surface area contributed by atoms with Gasteiger partial charge in [-0.05, 0) is 56.1 Å². The molecule has 1 aliphatic heterocycles. The van der Waals surface area contributed by atoms with E-state index >= 15 is 0 Å². The number of fused-ring (bicyclic) bond motifs is 1. The van der Waals surface area contributed by atoms with Gasteiger partial charge in [0, 0.05) is 44.1 Å². The molecule has 2 heterocycles. The van der Waals surface area contributed by atoms with Crippen molar-refractivity contribution in [3.05, 3.63) is 47.5 Å². The molecule has 1 atom stereocenters. The van der Waals surface area contributed by atoms with Gasteiger partial charge in [-0.2, -0.15) is 13.2 Å². The van der Waals surface area contributed by atoms with Crippen LogP contribution in [0.25, 0.3) is 0 Å². The minimum Gasteiger partial charge on any atom is -0.324 e. The number of urea groups is 1. The third-order valence-electron chi connectivity index (χ3n) is 6.82. The van der Waals surface area contributed by atoms with Gasteiger partial charge in [0.2, 0.25) is 0 Å². The summed E-state index contributed by atoms with van der Waals surface area (Å²) in [6, 6.07) is 7.24. The van der Waals surface area contributed by atoms with Crippen LogP contribution in [0.5, 0.6) is 0 Å². The van der Waals surface area contributed by atoms with E-state index in [0.717, 1.165) is 41.1 Å². The molecule has 0 radical (unpaired) electrons. The SMILES string of the molecule is CCN(C(=O)c1ncc2n1CC(CC(F)(F)F)CC2)C(=O)N(C)c1ccccc1C1CCC1. The number of anilines is 1. The van der Waals surface area contributed by atoms with Crippen molar-refractivity contribution in [1.82, 2.24) is 14.5 Å². The summed E-state index contributed by atoms with van der Waals surface area (Å²) in [5.74, 6) is -0.768. The van der Waals surface area contributed by atoms with Gasteiger partial charge in [0.1, 0.15) is 0 Å². The molecular weight excluding hydrogens is 433 g/mol. The summed E-state index contributed by atoms with van der Waals surface area (Å²) in [4.78, 5) is 33.5. The summed E-state index contributed by atoms with van der Waals surface area (Å²) in [6.45, 7) is 1.90. The first-order valence-electron chi connectivity index (χ1n) is 11.5. The lowest BCUT2D eigenvalue weighted by molar-refractivity contribution is -0.146. The summed E-state index contributed by atoms with van der Waals surface area (Å²) < 4.78 is 40.3. The molecule has 9 heteroatoms. The van der Waals surface area contributed by atoms with Crippen LogP contribution in [0.4, 0.5) is 23.7 Å². The minimum absolute atomic E-state index is 0.0211. The van der Waals surface area contributed by atoms with Crippen LogP contribution >= 0.6 is 0 Å². The molecule has 33 heavy (non-hydrogen) atoms. The molecule has 4 rings (SSSR count). The molecule has 1 aliphatic carbocycles. The zero-order valence-corrected chi connectivity index (χ0v) is 18.9. The van der Waals surface area contributed by atoms with Gasteiger partial charge in [-0.3, -0.25) is 14.6 Å². The van der Waals surface area contributed by atoms with Crippen LogP contribution in [0.2, 0.25) is 0 Å². The lowest BCUT2D eigenvalue weighted by atomic mass is 9.79. The zero-order valence-electron chi connectivity index (χ0n) is 18.9. The fourth-order valence-electron chi connectivity index (χ4n) is 4.81. The van der Waals surface area contributed by atoms with E-state index in [1.54, 1.807) is 18.5 Å². The van der Waals surface area contributed by atoms with E-state index in [1.165, 1.54) is 11.1 Å². The van der Waals surface area contributed by atoms with E-state index in [0.29, 0.717) is 18.8 Å². The summed E-state index contributed by atoms with van der Waals surface area (Å²) in [6.07, 6.45) is 0.529. The molecule has 3 amide bonds. The molecule has 0 N–H and O–H groups in total. The van der Waals surface area contributed by atoms with Crippen molar-refractivity contribution in [2.45, 2.75) is 64.1 Å². The maximum Gasteiger partial charge on any atom is 0.389 e. The summed E-state index contributed by atoms with van der Waals surface area (Å²) >= 11 is 0. The topological polar surface area (TPSA) is 58.4 Å². The number of amides is 3. The Labute approximate surface area is 191 Å². The van der Waals surface area contributed by atoms with Crippen LogP contribution in [0.3, 0.4) is 0 Å². The first-order chi connectivity index (χ1) is 15.7. The number of aromatic nitrogens is 2. The average Bonchev–Trinajstić information content (AvgIpc) is 3.15. The number of carbonyl (C=O) groups is 2. The van der Waals surface area contributed by atoms with Crippen molar-refractivity contribution in [1.29, 1.82) is 0 Å². The maximum atomic E-state index is 13.4. The number of hydrogen-bond donors (Lipinski definition) is 0. The van der Waals surface area contributed by atoms with Gasteiger partial charge < -0.3 is 4.57 Å². The van der Waals surface area contributed by atoms with Crippen LogP contribution in [0.15, 0.2) is 30.5 Å². The monoisotopic (exact) mass is 462 g/mol. The Morgan fingerprint density at radius 1 is 1.18 bits per heavy atom. The second-order valence-corrected chi connectivity index (χ2v) is 8.99. The number of para-hydroxylation sites is 1. The highest BCUT2D eigenvalue weighted by Crippen LogP contribution is 2.41. The molecule has 2 aliphatic rings. The van der Waals surface area contributed by atoms with Gasteiger partial charge in [0.15, 0.2) is 5.82 Å². The first kappa shape index (κ1) is 23.3. The summed E-state index contributed by atoms with van der Waals surface area (Å²) in [5, 5.41) is 0. The Balaban J connectivity index is 1.55. The Morgan fingerprint density at radius 3 is 2.55 bits per heavy atom. The molecule has 1 aromatic carbocycles.